The third-order valence-corrected chi connectivity index (χ3v) is 2.87. The second kappa shape index (κ2) is 5.76. The molecule has 1 N–H and O–H groups in total. The van der Waals surface area contributed by atoms with E-state index >= 15 is 0 Å². The molecule has 4 nitrogen and oxygen atoms in total. The Morgan fingerprint density at radius 3 is 2.47 bits per heavy atom. The molecule has 0 unspecified atom stereocenters. The number of alkyl halides is 3. The molecule has 1 aliphatic rings. The van der Waals surface area contributed by atoms with Crippen LogP contribution < -0.4 is 0 Å². The number of halogens is 3. The van der Waals surface area contributed by atoms with Crippen molar-refractivity contribution >= 4 is 40.7 Å². The lowest BCUT2D eigenvalue weighted by Crippen LogP contribution is -2.41. The van der Waals surface area contributed by atoms with Crippen molar-refractivity contribution < 1.29 is 14.2 Å². The minimum Gasteiger partial charge on any atom is -0.467 e. The molecule has 3 atom stereocenters. The standard InChI is InChI=1S/C10H14Cl3NO3/c1-5-4-7(15-3)16-6(2)8(5)17-9(14)10(11,12)13/h4,6-8,14H,1-3H3/t6-,7+,8+/m1/s1. The Kier molecular flexibility index (Phi) is 5.10. The van der Waals surface area contributed by atoms with E-state index < -0.39 is 22.1 Å². The van der Waals surface area contributed by atoms with Crippen LogP contribution in [0.5, 0.6) is 0 Å². The van der Waals surface area contributed by atoms with Gasteiger partial charge in [-0.1, -0.05) is 34.8 Å². The zero-order chi connectivity index (χ0) is 13.2. The summed E-state index contributed by atoms with van der Waals surface area (Å²) in [6.07, 6.45) is 0.602. The zero-order valence-electron chi connectivity index (χ0n) is 9.67. The molecule has 0 saturated heterocycles. The predicted octanol–water partition coefficient (Wildman–Crippen LogP) is 3.06. The summed E-state index contributed by atoms with van der Waals surface area (Å²) in [6.45, 7) is 3.65. The van der Waals surface area contributed by atoms with E-state index in [0.717, 1.165) is 5.57 Å². The van der Waals surface area contributed by atoms with Gasteiger partial charge < -0.3 is 14.2 Å². The normalized spacial score (nSPS) is 29.8. The Bertz CT molecular complexity index is 327. The van der Waals surface area contributed by atoms with Crippen molar-refractivity contribution in [3.63, 3.8) is 0 Å². The van der Waals surface area contributed by atoms with Gasteiger partial charge in [0.25, 0.3) is 3.79 Å². The van der Waals surface area contributed by atoms with E-state index in [9.17, 15) is 0 Å². The highest BCUT2D eigenvalue weighted by molar-refractivity contribution is 6.76. The SMILES string of the molecule is CO[C@@H]1C=C(C)[C@H](OC(=N)C(Cl)(Cl)Cl)[C@@H](C)O1. The lowest BCUT2D eigenvalue weighted by Gasteiger charge is -2.33. The molecule has 0 spiro atoms. The largest absolute Gasteiger partial charge is 0.467 e. The highest BCUT2D eigenvalue weighted by atomic mass is 35.6. The molecule has 0 radical (unpaired) electrons. The number of hydrogen-bond donors (Lipinski definition) is 1. The molecule has 0 amide bonds. The average molecular weight is 303 g/mol. The van der Waals surface area contributed by atoms with Crippen molar-refractivity contribution in [1.29, 1.82) is 5.41 Å². The maximum Gasteiger partial charge on any atom is 0.265 e. The van der Waals surface area contributed by atoms with Gasteiger partial charge in [-0.25, -0.2) is 0 Å². The van der Waals surface area contributed by atoms with Crippen LogP contribution in [0.25, 0.3) is 0 Å². The van der Waals surface area contributed by atoms with Crippen molar-refractivity contribution in [2.45, 2.75) is 36.1 Å². The number of nitrogens with one attached hydrogen (secondary N) is 1. The first-order chi connectivity index (χ1) is 7.75. The van der Waals surface area contributed by atoms with Crippen LogP contribution >= 0.6 is 34.8 Å². The molecule has 1 aliphatic heterocycles. The Morgan fingerprint density at radius 1 is 1.47 bits per heavy atom. The summed E-state index contributed by atoms with van der Waals surface area (Å²) in [5.41, 5.74) is 0.870. The van der Waals surface area contributed by atoms with Crippen LogP contribution in [0.3, 0.4) is 0 Å². The maximum atomic E-state index is 7.52. The Labute approximate surface area is 115 Å². The number of ether oxygens (including phenoxy) is 3. The summed E-state index contributed by atoms with van der Waals surface area (Å²) in [4.78, 5) is 0. The monoisotopic (exact) mass is 301 g/mol. The molecule has 0 saturated carbocycles. The molecule has 0 aromatic carbocycles. The molecule has 0 fully saturated rings. The molecule has 98 valence electrons. The van der Waals surface area contributed by atoms with E-state index in [0.29, 0.717) is 0 Å². The van der Waals surface area contributed by atoms with Crippen LogP contribution in [-0.4, -0.2) is 35.3 Å². The first kappa shape index (κ1) is 15.1. The lowest BCUT2D eigenvalue weighted by atomic mass is 10.0. The van der Waals surface area contributed by atoms with Gasteiger partial charge in [0.2, 0.25) is 5.90 Å². The van der Waals surface area contributed by atoms with Crippen molar-refractivity contribution in [3.05, 3.63) is 11.6 Å². The number of hydrogen-bond acceptors (Lipinski definition) is 4. The van der Waals surface area contributed by atoms with E-state index in [2.05, 4.69) is 0 Å². The van der Waals surface area contributed by atoms with Gasteiger partial charge in [0, 0.05) is 7.11 Å². The topological polar surface area (TPSA) is 51.5 Å². The summed E-state index contributed by atoms with van der Waals surface area (Å²) < 4.78 is 14.0. The molecule has 0 aromatic heterocycles. The van der Waals surface area contributed by atoms with Gasteiger partial charge >= 0.3 is 0 Å². The van der Waals surface area contributed by atoms with Crippen molar-refractivity contribution in [2.24, 2.45) is 0 Å². The van der Waals surface area contributed by atoms with E-state index in [1.807, 2.05) is 6.92 Å². The minimum atomic E-state index is -1.86. The van der Waals surface area contributed by atoms with Gasteiger partial charge in [0.1, 0.15) is 6.10 Å². The Balaban J connectivity index is 2.75. The van der Waals surface area contributed by atoms with Crippen LogP contribution in [0.4, 0.5) is 0 Å². The fraction of sp³-hybridized carbons (Fsp3) is 0.700. The Hall–Kier alpha value is -0.0000000000000000763. The summed E-state index contributed by atoms with van der Waals surface area (Å²) in [5, 5.41) is 7.52. The van der Waals surface area contributed by atoms with Crippen molar-refractivity contribution in [2.75, 3.05) is 7.11 Å². The Morgan fingerprint density at radius 2 is 2.06 bits per heavy atom. The molecular formula is C10H14Cl3NO3. The average Bonchev–Trinajstić information content (AvgIpc) is 2.21. The fourth-order valence-electron chi connectivity index (χ4n) is 1.51. The zero-order valence-corrected chi connectivity index (χ0v) is 11.9. The summed E-state index contributed by atoms with van der Waals surface area (Å²) in [5.74, 6) is -0.424. The molecular weight excluding hydrogens is 288 g/mol. The van der Waals surface area contributed by atoms with E-state index in [-0.39, 0.29) is 6.10 Å². The van der Waals surface area contributed by atoms with Gasteiger partial charge in [-0.15, -0.1) is 0 Å². The highest BCUT2D eigenvalue weighted by Gasteiger charge is 2.35. The summed E-state index contributed by atoms with van der Waals surface area (Å²) in [7, 11) is 1.55. The molecule has 0 aromatic rings. The van der Waals surface area contributed by atoms with Crippen LogP contribution in [0.1, 0.15) is 13.8 Å². The lowest BCUT2D eigenvalue weighted by molar-refractivity contribution is -0.152. The van der Waals surface area contributed by atoms with Crippen LogP contribution in [0.15, 0.2) is 11.6 Å². The maximum absolute atomic E-state index is 7.52. The minimum absolute atomic E-state index is 0.294. The van der Waals surface area contributed by atoms with Crippen LogP contribution in [0.2, 0.25) is 0 Å². The van der Waals surface area contributed by atoms with E-state index in [4.69, 9.17) is 54.4 Å². The second-order valence-electron chi connectivity index (χ2n) is 3.72. The molecule has 1 rings (SSSR count). The van der Waals surface area contributed by atoms with Gasteiger partial charge in [0.05, 0.1) is 6.10 Å². The predicted molar refractivity (Wildman–Crippen MR) is 68.0 cm³/mol. The molecule has 1 heterocycles. The summed E-state index contributed by atoms with van der Waals surface area (Å²) >= 11 is 16.7. The fourth-order valence-corrected chi connectivity index (χ4v) is 1.64. The quantitative estimate of drug-likeness (QED) is 0.369. The van der Waals surface area contributed by atoms with Crippen molar-refractivity contribution in [3.8, 4) is 0 Å². The van der Waals surface area contributed by atoms with Crippen molar-refractivity contribution in [1.82, 2.24) is 0 Å². The number of rotatable bonds is 2. The van der Waals surface area contributed by atoms with E-state index in [1.165, 1.54) is 0 Å². The molecule has 17 heavy (non-hydrogen) atoms. The number of methoxy groups -OCH3 is 1. The van der Waals surface area contributed by atoms with E-state index in [1.54, 1.807) is 20.1 Å². The van der Waals surface area contributed by atoms with Gasteiger partial charge in [-0.2, -0.15) is 0 Å². The third-order valence-electron chi connectivity index (χ3n) is 2.36. The van der Waals surface area contributed by atoms with Crippen LogP contribution in [0, 0.1) is 5.41 Å². The molecule has 0 bridgehead atoms. The summed E-state index contributed by atoms with van der Waals surface area (Å²) in [6, 6.07) is 0. The smallest absolute Gasteiger partial charge is 0.265 e. The second-order valence-corrected chi connectivity index (χ2v) is 6.00. The first-order valence-corrected chi connectivity index (χ1v) is 6.08. The van der Waals surface area contributed by atoms with Gasteiger partial charge in [-0.05, 0) is 25.5 Å². The molecule has 0 aliphatic carbocycles. The first-order valence-electron chi connectivity index (χ1n) is 4.94. The van der Waals surface area contributed by atoms with Gasteiger partial charge in [-0.3, -0.25) is 5.41 Å². The van der Waals surface area contributed by atoms with Gasteiger partial charge in [0.15, 0.2) is 6.29 Å². The third kappa shape index (κ3) is 4.00. The molecule has 7 heteroatoms. The van der Waals surface area contributed by atoms with Crippen LogP contribution in [-0.2, 0) is 14.2 Å². The highest BCUT2D eigenvalue weighted by Crippen LogP contribution is 2.31.